The topological polar surface area (TPSA) is 29.3 Å². The van der Waals surface area contributed by atoms with Crippen LogP contribution in [0.1, 0.15) is 35.1 Å². The summed E-state index contributed by atoms with van der Waals surface area (Å²) in [6.45, 7) is 0.738. The van der Waals surface area contributed by atoms with Crippen molar-refractivity contribution in [3.63, 3.8) is 0 Å². The lowest BCUT2D eigenvalue weighted by molar-refractivity contribution is -0.137. The van der Waals surface area contributed by atoms with Gasteiger partial charge in [0, 0.05) is 29.5 Å². The van der Waals surface area contributed by atoms with Crippen molar-refractivity contribution >= 4 is 32.9 Å². The Morgan fingerprint density at radius 3 is 2.19 bits per heavy atom. The Labute approximate surface area is 244 Å². The molecule has 7 rings (SSSR count). The van der Waals surface area contributed by atoms with E-state index in [9.17, 15) is 13.2 Å². The molecule has 1 aliphatic carbocycles. The van der Waals surface area contributed by atoms with Gasteiger partial charge < -0.3 is 10.6 Å². The highest BCUT2D eigenvalue weighted by molar-refractivity contribution is 6.12. The van der Waals surface area contributed by atoms with Crippen LogP contribution >= 0.6 is 0 Å². The number of para-hydroxylation sites is 1. The second kappa shape index (κ2) is 11.8. The maximum absolute atomic E-state index is 12.6. The summed E-state index contributed by atoms with van der Waals surface area (Å²) >= 11 is 0. The van der Waals surface area contributed by atoms with Gasteiger partial charge in [0.2, 0.25) is 0 Å². The number of nitrogens with two attached hydrogens (primary N) is 1. The normalized spacial score (nSPS) is 14.7. The SMILES string of the molecule is FC(F)(F)c1ccc(CC2=CC=CN(c3ccccc3)C2)cc1.Nc1cccc2c1ccc1c3c(ccc12)CCCC3. The van der Waals surface area contributed by atoms with E-state index in [1.165, 1.54) is 47.2 Å². The highest BCUT2D eigenvalue weighted by Crippen LogP contribution is 2.35. The van der Waals surface area contributed by atoms with Crippen molar-refractivity contribution in [2.24, 2.45) is 0 Å². The van der Waals surface area contributed by atoms with Gasteiger partial charge >= 0.3 is 6.18 Å². The van der Waals surface area contributed by atoms with E-state index in [2.05, 4.69) is 41.3 Å². The van der Waals surface area contributed by atoms with Gasteiger partial charge in [-0.2, -0.15) is 13.2 Å². The number of halogens is 3. The van der Waals surface area contributed by atoms with Crippen LogP contribution in [0.4, 0.5) is 24.5 Å². The second-order valence-corrected chi connectivity index (χ2v) is 11.0. The number of fused-ring (bicyclic) bond motifs is 5. The van der Waals surface area contributed by atoms with Gasteiger partial charge in [0.1, 0.15) is 0 Å². The Bertz CT molecular complexity index is 1770. The number of nitrogen functional groups attached to an aromatic ring is 1. The molecule has 0 amide bonds. The zero-order chi connectivity index (χ0) is 29.1. The Kier molecular flexibility index (Phi) is 7.75. The number of hydrogen-bond acceptors (Lipinski definition) is 2. The van der Waals surface area contributed by atoms with Gasteiger partial charge in [0.25, 0.3) is 0 Å². The highest BCUT2D eigenvalue weighted by Gasteiger charge is 2.30. The lowest BCUT2D eigenvalue weighted by Crippen LogP contribution is -2.22. The first-order chi connectivity index (χ1) is 20.4. The lowest BCUT2D eigenvalue weighted by atomic mass is 9.86. The van der Waals surface area contributed by atoms with E-state index in [-0.39, 0.29) is 0 Å². The largest absolute Gasteiger partial charge is 0.416 e. The van der Waals surface area contributed by atoms with Crippen molar-refractivity contribution < 1.29 is 13.2 Å². The summed E-state index contributed by atoms with van der Waals surface area (Å²) in [5.41, 5.74) is 12.6. The molecule has 0 atom stereocenters. The van der Waals surface area contributed by atoms with Crippen molar-refractivity contribution in [3.8, 4) is 0 Å². The predicted molar refractivity (Wildman–Crippen MR) is 169 cm³/mol. The van der Waals surface area contributed by atoms with Crippen LogP contribution in [0.15, 0.2) is 121 Å². The third kappa shape index (κ3) is 5.91. The van der Waals surface area contributed by atoms with Crippen LogP contribution in [0.3, 0.4) is 0 Å². The number of benzene rings is 5. The molecule has 0 saturated carbocycles. The monoisotopic (exact) mass is 562 g/mol. The first-order valence-electron chi connectivity index (χ1n) is 14.4. The van der Waals surface area contributed by atoms with Gasteiger partial charge in [-0.25, -0.2) is 0 Å². The van der Waals surface area contributed by atoms with E-state index in [1.54, 1.807) is 23.3 Å². The number of nitrogens with zero attached hydrogens (tertiary/aromatic N) is 1. The van der Waals surface area contributed by atoms with Crippen molar-refractivity contribution in [1.29, 1.82) is 0 Å². The van der Waals surface area contributed by atoms with Gasteiger partial charge in [0.15, 0.2) is 0 Å². The molecule has 0 fully saturated rings. The molecule has 0 spiro atoms. The number of hydrogen-bond donors (Lipinski definition) is 1. The molecule has 1 heterocycles. The minimum absolute atomic E-state index is 0.607. The van der Waals surface area contributed by atoms with Gasteiger partial charge in [-0.1, -0.05) is 72.8 Å². The maximum Gasteiger partial charge on any atom is 0.416 e. The molecule has 1 aliphatic heterocycles. The molecule has 5 heteroatoms. The van der Waals surface area contributed by atoms with Gasteiger partial charge in [-0.05, 0) is 107 Å². The molecule has 0 unspecified atom stereocenters. The molecule has 2 aliphatic rings. The van der Waals surface area contributed by atoms with Crippen LogP contribution in [0.2, 0.25) is 0 Å². The smallest absolute Gasteiger partial charge is 0.398 e. The van der Waals surface area contributed by atoms with Crippen LogP contribution in [0.25, 0.3) is 21.5 Å². The molecule has 42 heavy (non-hydrogen) atoms. The third-order valence-electron chi connectivity index (χ3n) is 8.20. The predicted octanol–water partition coefficient (Wildman–Crippen LogP) is 9.66. The van der Waals surface area contributed by atoms with Crippen LogP contribution in [-0.4, -0.2) is 6.54 Å². The molecule has 0 radical (unpaired) electrons. The molecule has 0 bridgehead atoms. The number of anilines is 2. The summed E-state index contributed by atoms with van der Waals surface area (Å²) in [5, 5.41) is 5.23. The third-order valence-corrected chi connectivity index (χ3v) is 8.20. The molecular weight excluding hydrogens is 529 g/mol. The van der Waals surface area contributed by atoms with E-state index >= 15 is 0 Å². The first-order valence-corrected chi connectivity index (χ1v) is 14.4. The van der Waals surface area contributed by atoms with Gasteiger partial charge in [0.05, 0.1) is 5.56 Å². The second-order valence-electron chi connectivity index (χ2n) is 11.0. The minimum atomic E-state index is -4.28. The number of allylic oxidation sites excluding steroid dienone is 2. The molecule has 5 aromatic carbocycles. The molecule has 212 valence electrons. The van der Waals surface area contributed by atoms with Crippen LogP contribution in [0.5, 0.6) is 0 Å². The Hall–Kier alpha value is -4.51. The van der Waals surface area contributed by atoms with Crippen LogP contribution < -0.4 is 10.6 Å². The van der Waals surface area contributed by atoms with E-state index in [0.29, 0.717) is 6.42 Å². The van der Waals surface area contributed by atoms with Crippen molar-refractivity contribution in [2.75, 3.05) is 17.2 Å². The van der Waals surface area contributed by atoms with E-state index < -0.39 is 11.7 Å². The highest BCUT2D eigenvalue weighted by atomic mass is 19.4. The van der Waals surface area contributed by atoms with Crippen molar-refractivity contribution in [1.82, 2.24) is 0 Å². The minimum Gasteiger partial charge on any atom is -0.398 e. The molecule has 5 aromatic rings. The number of aryl methyl sites for hydroxylation is 2. The fourth-order valence-electron chi connectivity index (χ4n) is 6.04. The van der Waals surface area contributed by atoms with Crippen molar-refractivity contribution in [2.45, 2.75) is 38.3 Å². The number of rotatable bonds is 3. The average Bonchev–Trinajstić information content (AvgIpc) is 3.02. The fraction of sp³-hybridized carbons (Fsp3) is 0.189. The maximum atomic E-state index is 12.6. The summed E-state index contributed by atoms with van der Waals surface area (Å²) in [6, 6.07) is 30.6. The number of alkyl halides is 3. The molecule has 2 nitrogen and oxygen atoms in total. The van der Waals surface area contributed by atoms with Crippen LogP contribution in [-0.2, 0) is 25.4 Å². The summed E-state index contributed by atoms with van der Waals surface area (Å²) < 4.78 is 37.8. The Balaban J connectivity index is 0.000000153. The first kappa shape index (κ1) is 27.6. The average molecular weight is 563 g/mol. The zero-order valence-corrected chi connectivity index (χ0v) is 23.4. The van der Waals surface area contributed by atoms with E-state index in [1.807, 2.05) is 54.8 Å². The summed E-state index contributed by atoms with van der Waals surface area (Å²) in [6.07, 6.45) is 7.47. The van der Waals surface area contributed by atoms with E-state index in [4.69, 9.17) is 5.73 Å². The lowest BCUT2D eigenvalue weighted by Gasteiger charge is -2.25. The quantitative estimate of drug-likeness (QED) is 0.175. The Morgan fingerprint density at radius 2 is 1.40 bits per heavy atom. The molecule has 2 N–H and O–H groups in total. The molecule has 0 saturated heterocycles. The molecular formula is C37H33F3N2. The summed E-state index contributed by atoms with van der Waals surface area (Å²) in [4.78, 5) is 2.12. The molecule has 0 aromatic heterocycles. The van der Waals surface area contributed by atoms with Gasteiger partial charge in [-0.15, -0.1) is 0 Å². The zero-order valence-electron chi connectivity index (χ0n) is 23.4. The Morgan fingerprint density at radius 1 is 0.690 bits per heavy atom. The summed E-state index contributed by atoms with van der Waals surface area (Å²) in [5.74, 6) is 0. The fourth-order valence-corrected chi connectivity index (χ4v) is 6.04. The van der Waals surface area contributed by atoms with Crippen molar-refractivity contribution in [3.05, 3.63) is 143 Å². The van der Waals surface area contributed by atoms with Crippen LogP contribution in [0, 0.1) is 0 Å². The summed E-state index contributed by atoms with van der Waals surface area (Å²) in [7, 11) is 0. The van der Waals surface area contributed by atoms with Gasteiger partial charge in [-0.3, -0.25) is 0 Å². The van der Waals surface area contributed by atoms with E-state index in [0.717, 1.165) is 41.2 Å². The standard InChI is InChI=1S/C19H16F3N.C18H17N/c20-19(21,22)17-10-8-15(9-11-17)13-16-5-4-12-23(14-16)18-6-2-1-3-7-18;19-18-7-3-6-14-16-9-8-12-4-1-2-5-13(12)15(16)10-11-17(14)18/h1-12H,13-14H2;3,6-11H,1-2,4-5,19H2.